The second kappa shape index (κ2) is 8.90. The van der Waals surface area contributed by atoms with Crippen molar-refractivity contribution in [2.75, 3.05) is 7.05 Å². The summed E-state index contributed by atoms with van der Waals surface area (Å²) in [6.45, 7) is 10.4. The van der Waals surface area contributed by atoms with E-state index in [9.17, 15) is 4.79 Å². The van der Waals surface area contributed by atoms with Crippen LogP contribution in [0.25, 0.3) is 0 Å². The summed E-state index contributed by atoms with van der Waals surface area (Å²) >= 11 is 0. The third-order valence-corrected chi connectivity index (χ3v) is 4.16. The van der Waals surface area contributed by atoms with Crippen LogP contribution in [-0.2, 0) is 4.79 Å². The first-order chi connectivity index (χ1) is 9.76. The molecular formula is C16H33N3O2. The summed E-state index contributed by atoms with van der Waals surface area (Å²) in [6.07, 6.45) is 3.78. The first-order valence-corrected chi connectivity index (χ1v) is 8.02. The second-order valence-electron chi connectivity index (χ2n) is 6.46. The van der Waals surface area contributed by atoms with Crippen molar-refractivity contribution in [1.82, 2.24) is 4.90 Å². The molecule has 0 bridgehead atoms. The van der Waals surface area contributed by atoms with Gasteiger partial charge in [0.15, 0.2) is 5.84 Å². The van der Waals surface area contributed by atoms with E-state index < -0.39 is 5.41 Å². The summed E-state index contributed by atoms with van der Waals surface area (Å²) in [7, 11) is 1.82. The molecule has 1 unspecified atom stereocenters. The van der Waals surface area contributed by atoms with Crippen LogP contribution < -0.4 is 5.73 Å². The molecule has 0 aromatic rings. The lowest BCUT2D eigenvalue weighted by Crippen LogP contribution is -2.52. The topological polar surface area (TPSA) is 78.9 Å². The summed E-state index contributed by atoms with van der Waals surface area (Å²) in [5, 5.41) is 12.3. The van der Waals surface area contributed by atoms with E-state index in [-0.39, 0.29) is 17.8 Å². The predicted molar refractivity (Wildman–Crippen MR) is 87.3 cm³/mol. The highest BCUT2D eigenvalue weighted by Gasteiger charge is 2.44. The Kier molecular flexibility index (Phi) is 8.37. The van der Waals surface area contributed by atoms with Gasteiger partial charge >= 0.3 is 0 Å². The van der Waals surface area contributed by atoms with E-state index in [4.69, 9.17) is 10.9 Å². The van der Waals surface area contributed by atoms with Gasteiger partial charge in [0.25, 0.3) is 0 Å². The third-order valence-electron chi connectivity index (χ3n) is 4.16. The van der Waals surface area contributed by atoms with E-state index in [1.165, 1.54) is 0 Å². The lowest BCUT2D eigenvalue weighted by molar-refractivity contribution is -0.140. The van der Waals surface area contributed by atoms with Crippen molar-refractivity contribution in [3.63, 3.8) is 0 Å². The van der Waals surface area contributed by atoms with Gasteiger partial charge in [-0.1, -0.05) is 45.7 Å². The molecule has 5 heteroatoms. The average Bonchev–Trinajstić information content (AvgIpc) is 2.43. The van der Waals surface area contributed by atoms with Crippen molar-refractivity contribution in [2.45, 2.75) is 72.8 Å². The monoisotopic (exact) mass is 299 g/mol. The first-order valence-electron chi connectivity index (χ1n) is 8.02. The number of carbonyl (C=O) groups is 1. The molecule has 5 nitrogen and oxygen atoms in total. The van der Waals surface area contributed by atoms with Crippen molar-refractivity contribution in [2.24, 2.45) is 22.2 Å². The number of hydrogen-bond donors (Lipinski definition) is 2. The van der Waals surface area contributed by atoms with Gasteiger partial charge in [0.1, 0.15) is 5.41 Å². The maximum Gasteiger partial charge on any atom is 0.236 e. The number of amides is 1. The number of oxime groups is 1. The summed E-state index contributed by atoms with van der Waals surface area (Å²) in [6, 6.07) is 0.136. The number of amidine groups is 1. The van der Waals surface area contributed by atoms with Crippen molar-refractivity contribution in [3.8, 4) is 0 Å². The van der Waals surface area contributed by atoms with Crippen LogP contribution >= 0.6 is 0 Å². The van der Waals surface area contributed by atoms with Gasteiger partial charge in [-0.3, -0.25) is 4.79 Å². The van der Waals surface area contributed by atoms with Gasteiger partial charge in [-0.05, 0) is 32.1 Å². The second-order valence-corrected chi connectivity index (χ2v) is 6.46. The highest BCUT2D eigenvalue weighted by atomic mass is 16.4. The molecule has 0 rings (SSSR count). The minimum Gasteiger partial charge on any atom is -0.409 e. The highest BCUT2D eigenvalue weighted by Crippen LogP contribution is 2.33. The molecule has 0 aliphatic rings. The van der Waals surface area contributed by atoms with Gasteiger partial charge < -0.3 is 15.8 Å². The first kappa shape index (κ1) is 19.7. The lowest BCUT2D eigenvalue weighted by atomic mass is 9.76. The maximum atomic E-state index is 13.0. The molecule has 0 heterocycles. The Hall–Kier alpha value is -1.26. The van der Waals surface area contributed by atoms with E-state index >= 15 is 0 Å². The zero-order valence-corrected chi connectivity index (χ0v) is 14.5. The molecule has 0 aromatic heterocycles. The largest absolute Gasteiger partial charge is 0.409 e. The number of nitrogens with zero attached hydrogens (tertiary/aromatic N) is 2. The Morgan fingerprint density at radius 1 is 1.24 bits per heavy atom. The normalized spacial score (nSPS) is 14.3. The maximum absolute atomic E-state index is 13.0. The van der Waals surface area contributed by atoms with Gasteiger partial charge in [-0.15, -0.1) is 0 Å². The molecule has 0 radical (unpaired) electrons. The number of rotatable bonds is 9. The molecule has 0 saturated heterocycles. The Balaban J connectivity index is 5.45. The lowest BCUT2D eigenvalue weighted by Gasteiger charge is -2.37. The van der Waals surface area contributed by atoms with Crippen LogP contribution in [0, 0.1) is 11.3 Å². The molecule has 0 aliphatic heterocycles. The fourth-order valence-electron chi connectivity index (χ4n) is 3.03. The predicted octanol–water partition coefficient (Wildman–Crippen LogP) is 3.21. The van der Waals surface area contributed by atoms with Crippen molar-refractivity contribution in [3.05, 3.63) is 0 Å². The zero-order chi connectivity index (χ0) is 16.6. The van der Waals surface area contributed by atoms with Crippen LogP contribution in [0.1, 0.15) is 66.7 Å². The van der Waals surface area contributed by atoms with Crippen molar-refractivity contribution < 1.29 is 10.0 Å². The molecule has 1 amide bonds. The van der Waals surface area contributed by atoms with Gasteiger partial charge in [0, 0.05) is 13.1 Å². The highest BCUT2D eigenvalue weighted by molar-refractivity contribution is 6.06. The van der Waals surface area contributed by atoms with Gasteiger partial charge in [0.05, 0.1) is 0 Å². The van der Waals surface area contributed by atoms with E-state index in [1.54, 1.807) is 4.90 Å². The number of carbonyl (C=O) groups excluding carboxylic acids is 1. The van der Waals surface area contributed by atoms with Crippen LogP contribution in [0.5, 0.6) is 0 Å². The number of hydrogen-bond acceptors (Lipinski definition) is 3. The van der Waals surface area contributed by atoms with E-state index in [1.807, 2.05) is 27.8 Å². The van der Waals surface area contributed by atoms with Crippen LogP contribution in [0.2, 0.25) is 0 Å². The molecule has 0 aromatic carbocycles. The summed E-state index contributed by atoms with van der Waals surface area (Å²) in [5.41, 5.74) is 5.04. The van der Waals surface area contributed by atoms with Crippen LogP contribution in [-0.4, -0.2) is 34.9 Å². The van der Waals surface area contributed by atoms with Crippen molar-refractivity contribution >= 4 is 11.7 Å². The standard InChI is InChI=1S/C16H33N3O2/c1-7-9-16(10-8-2,14(17)18-21)15(20)19(6)13(5)11-12(3)4/h12-13,21H,7-11H2,1-6H3,(H2,17,18). The van der Waals surface area contributed by atoms with E-state index in [0.717, 1.165) is 19.3 Å². The molecular weight excluding hydrogens is 266 g/mol. The molecule has 0 saturated carbocycles. The molecule has 1 atom stereocenters. The molecule has 0 spiro atoms. The van der Waals surface area contributed by atoms with E-state index in [2.05, 4.69) is 19.0 Å². The average molecular weight is 299 g/mol. The van der Waals surface area contributed by atoms with Crippen LogP contribution in [0.15, 0.2) is 5.16 Å². The Morgan fingerprint density at radius 2 is 1.71 bits per heavy atom. The van der Waals surface area contributed by atoms with Gasteiger partial charge in [-0.2, -0.15) is 0 Å². The minimum absolute atomic E-state index is 0.0327. The Labute approximate surface area is 129 Å². The quantitative estimate of drug-likeness (QED) is 0.297. The van der Waals surface area contributed by atoms with E-state index in [0.29, 0.717) is 18.8 Å². The molecule has 124 valence electrons. The molecule has 21 heavy (non-hydrogen) atoms. The summed E-state index contributed by atoms with van der Waals surface area (Å²) in [5.74, 6) is 0.528. The summed E-state index contributed by atoms with van der Waals surface area (Å²) in [4.78, 5) is 14.8. The van der Waals surface area contributed by atoms with Gasteiger partial charge in [-0.25, -0.2) is 0 Å². The Morgan fingerprint density at radius 3 is 2.05 bits per heavy atom. The molecule has 0 aliphatic carbocycles. The van der Waals surface area contributed by atoms with Crippen molar-refractivity contribution in [1.29, 1.82) is 0 Å². The molecule has 3 N–H and O–H groups in total. The minimum atomic E-state index is -0.877. The SMILES string of the molecule is CCCC(CCC)(C(=O)N(C)C(C)CC(C)C)C(N)=NO. The molecule has 0 fully saturated rings. The van der Waals surface area contributed by atoms with Crippen LogP contribution in [0.4, 0.5) is 0 Å². The zero-order valence-electron chi connectivity index (χ0n) is 14.5. The fraction of sp³-hybridized carbons (Fsp3) is 0.875. The van der Waals surface area contributed by atoms with Crippen LogP contribution in [0.3, 0.4) is 0 Å². The fourth-order valence-corrected chi connectivity index (χ4v) is 3.03. The number of nitrogens with two attached hydrogens (primary N) is 1. The van der Waals surface area contributed by atoms with Gasteiger partial charge in [0.2, 0.25) is 5.91 Å². The smallest absolute Gasteiger partial charge is 0.236 e. The Bertz CT molecular complexity index is 347. The third kappa shape index (κ3) is 4.90. The summed E-state index contributed by atoms with van der Waals surface area (Å²) < 4.78 is 0.